The van der Waals surface area contributed by atoms with Gasteiger partial charge in [-0.05, 0) is 35.6 Å². The van der Waals surface area contributed by atoms with Gasteiger partial charge in [0, 0.05) is 25.7 Å². The molecule has 216 valence electrons. The number of carbonyl (C=O) groups is 1. The van der Waals surface area contributed by atoms with E-state index in [1.165, 1.54) is 0 Å². The number of urea groups is 1. The molecule has 2 amide bonds. The molecule has 0 aliphatic carbocycles. The van der Waals surface area contributed by atoms with Gasteiger partial charge in [0.25, 0.3) is 0 Å². The summed E-state index contributed by atoms with van der Waals surface area (Å²) in [5.41, 5.74) is 6.19. The molecule has 11 heteroatoms. The second kappa shape index (κ2) is 12.8. The van der Waals surface area contributed by atoms with E-state index in [0.29, 0.717) is 32.1 Å². The van der Waals surface area contributed by atoms with Crippen molar-refractivity contribution < 1.29 is 22.7 Å². The molecule has 1 aromatic heterocycles. The van der Waals surface area contributed by atoms with Crippen molar-refractivity contribution in [1.29, 1.82) is 0 Å². The zero-order valence-corrected chi connectivity index (χ0v) is 23.2. The van der Waals surface area contributed by atoms with Gasteiger partial charge in [-0.2, -0.15) is 5.10 Å². The highest BCUT2D eigenvalue weighted by atomic mass is 19.1. The smallest absolute Gasteiger partial charge is 0.320 e. The van der Waals surface area contributed by atoms with E-state index in [4.69, 9.17) is 15.5 Å². The third-order valence-corrected chi connectivity index (χ3v) is 6.89. The number of alkyl halides is 1. The van der Waals surface area contributed by atoms with Crippen LogP contribution in [0.4, 0.5) is 18.0 Å². The molecule has 0 saturated carbocycles. The van der Waals surface area contributed by atoms with Gasteiger partial charge in [-0.3, -0.25) is 0 Å². The maximum absolute atomic E-state index is 14.8. The van der Waals surface area contributed by atoms with Crippen molar-refractivity contribution in [2.24, 2.45) is 11.1 Å². The first-order valence-electron chi connectivity index (χ1n) is 13.5. The Morgan fingerprint density at radius 1 is 1.12 bits per heavy atom. The average molecular weight is 559 g/mol. The number of nitrogens with zero attached hydrogens (tertiary/aromatic N) is 5. The molecule has 1 fully saturated rings. The third-order valence-electron chi connectivity index (χ3n) is 6.89. The summed E-state index contributed by atoms with van der Waals surface area (Å²) < 4.78 is 49.4. The molecule has 4 rings (SSSR count). The Labute approximate surface area is 232 Å². The van der Waals surface area contributed by atoms with E-state index in [1.54, 1.807) is 14.5 Å². The van der Waals surface area contributed by atoms with Crippen molar-refractivity contribution in [2.75, 3.05) is 39.5 Å². The first-order chi connectivity index (χ1) is 19.1. The molecule has 40 heavy (non-hydrogen) atoms. The quantitative estimate of drug-likeness (QED) is 0.408. The van der Waals surface area contributed by atoms with E-state index in [1.807, 2.05) is 51.1 Å². The van der Waals surface area contributed by atoms with Crippen molar-refractivity contribution in [3.63, 3.8) is 0 Å². The molecule has 8 nitrogen and oxygen atoms in total. The molecular formula is C29H37F3N6O2. The van der Waals surface area contributed by atoms with Gasteiger partial charge in [0.05, 0.1) is 31.4 Å². The van der Waals surface area contributed by atoms with E-state index >= 15 is 0 Å². The van der Waals surface area contributed by atoms with E-state index in [2.05, 4.69) is 5.10 Å². The summed E-state index contributed by atoms with van der Waals surface area (Å²) in [7, 11) is 0. The van der Waals surface area contributed by atoms with Gasteiger partial charge in [0.2, 0.25) is 0 Å². The SMILES string of the molecule is CC(C)(C)[C@H](c1nc(-c2cc(F)ccc2F)nn1Cc1ccccc1)N(CCC(N)CF)C(=O)N1CCOCC1. The molecule has 0 bridgehead atoms. The topological polar surface area (TPSA) is 89.5 Å². The van der Waals surface area contributed by atoms with Crippen LogP contribution in [0.3, 0.4) is 0 Å². The predicted molar refractivity (Wildman–Crippen MR) is 146 cm³/mol. The van der Waals surface area contributed by atoms with Crippen molar-refractivity contribution in [3.8, 4) is 11.4 Å². The third kappa shape index (κ3) is 7.00. The highest BCUT2D eigenvalue weighted by molar-refractivity contribution is 5.75. The number of morpholine rings is 1. The van der Waals surface area contributed by atoms with E-state index in [0.717, 1.165) is 23.8 Å². The minimum atomic E-state index is -0.736. The molecule has 2 aromatic carbocycles. The molecule has 0 radical (unpaired) electrons. The fourth-order valence-electron chi connectivity index (χ4n) is 4.86. The molecule has 1 saturated heterocycles. The van der Waals surface area contributed by atoms with Gasteiger partial charge in [-0.15, -0.1) is 0 Å². The number of aromatic nitrogens is 3. The number of nitrogens with two attached hydrogens (primary N) is 1. The van der Waals surface area contributed by atoms with E-state index in [9.17, 15) is 18.0 Å². The molecule has 2 heterocycles. The number of halogens is 3. The summed E-state index contributed by atoms with van der Waals surface area (Å²) in [6, 6.07) is 11.0. The Kier molecular flexibility index (Phi) is 9.47. The first kappa shape index (κ1) is 29.5. The lowest BCUT2D eigenvalue weighted by Crippen LogP contribution is -2.52. The molecule has 1 aliphatic heterocycles. The summed E-state index contributed by atoms with van der Waals surface area (Å²) in [4.78, 5) is 22.1. The van der Waals surface area contributed by atoms with Crippen molar-refractivity contribution in [2.45, 2.75) is 45.8 Å². The highest BCUT2D eigenvalue weighted by Gasteiger charge is 2.40. The molecule has 1 unspecified atom stereocenters. The summed E-state index contributed by atoms with van der Waals surface area (Å²) in [6.45, 7) is 7.31. The van der Waals surface area contributed by atoms with Crippen LogP contribution in [-0.2, 0) is 11.3 Å². The van der Waals surface area contributed by atoms with Gasteiger partial charge in [0.1, 0.15) is 18.3 Å². The van der Waals surface area contributed by atoms with Crippen molar-refractivity contribution >= 4 is 6.03 Å². The molecule has 3 aromatic rings. The largest absolute Gasteiger partial charge is 0.378 e. The Morgan fingerprint density at radius 3 is 2.48 bits per heavy atom. The second-order valence-electron chi connectivity index (χ2n) is 11.1. The maximum atomic E-state index is 14.8. The minimum absolute atomic E-state index is 0.0106. The Bertz CT molecular complexity index is 1270. The second-order valence-corrected chi connectivity index (χ2v) is 11.1. The summed E-state index contributed by atoms with van der Waals surface area (Å²) in [5, 5.41) is 4.62. The predicted octanol–water partition coefficient (Wildman–Crippen LogP) is 4.80. The number of ether oxygens (including phenoxy) is 1. The highest BCUT2D eigenvalue weighted by Crippen LogP contribution is 2.39. The van der Waals surface area contributed by atoms with E-state index in [-0.39, 0.29) is 36.9 Å². The number of rotatable bonds is 9. The lowest BCUT2D eigenvalue weighted by molar-refractivity contribution is 0.0275. The summed E-state index contributed by atoms with van der Waals surface area (Å²) in [5.74, 6) is -0.858. The van der Waals surface area contributed by atoms with Crippen LogP contribution in [0, 0.1) is 17.0 Å². The fraction of sp³-hybridized carbons (Fsp3) is 0.483. The van der Waals surface area contributed by atoms with Crippen LogP contribution in [0.2, 0.25) is 0 Å². The van der Waals surface area contributed by atoms with Crippen molar-refractivity contribution in [1.82, 2.24) is 24.6 Å². The van der Waals surface area contributed by atoms with Crippen LogP contribution in [0.25, 0.3) is 11.4 Å². The van der Waals surface area contributed by atoms with Gasteiger partial charge >= 0.3 is 6.03 Å². The van der Waals surface area contributed by atoms with Crippen LogP contribution in [0.5, 0.6) is 0 Å². The Morgan fingerprint density at radius 2 is 1.82 bits per heavy atom. The summed E-state index contributed by atoms with van der Waals surface area (Å²) in [6.07, 6.45) is 0.233. The number of hydrogen-bond donors (Lipinski definition) is 1. The van der Waals surface area contributed by atoms with Crippen LogP contribution < -0.4 is 5.73 Å². The first-order valence-corrected chi connectivity index (χ1v) is 13.5. The lowest BCUT2D eigenvalue weighted by Gasteiger charge is -2.42. The van der Waals surface area contributed by atoms with Crippen molar-refractivity contribution in [3.05, 3.63) is 71.6 Å². The molecule has 2 N–H and O–H groups in total. The van der Waals surface area contributed by atoms with Crippen LogP contribution in [0.15, 0.2) is 48.5 Å². The Balaban J connectivity index is 1.85. The monoisotopic (exact) mass is 558 g/mol. The number of amides is 2. The Hall–Kier alpha value is -3.44. The average Bonchev–Trinajstić information content (AvgIpc) is 3.34. The van der Waals surface area contributed by atoms with Gasteiger partial charge in [-0.1, -0.05) is 51.1 Å². The van der Waals surface area contributed by atoms with Gasteiger partial charge in [0.15, 0.2) is 11.6 Å². The maximum Gasteiger partial charge on any atom is 0.320 e. The molecular weight excluding hydrogens is 521 g/mol. The summed E-state index contributed by atoms with van der Waals surface area (Å²) >= 11 is 0. The van der Waals surface area contributed by atoms with Crippen LogP contribution >= 0.6 is 0 Å². The molecule has 1 aliphatic rings. The number of hydrogen-bond acceptors (Lipinski definition) is 5. The fourth-order valence-corrected chi connectivity index (χ4v) is 4.86. The molecule has 0 spiro atoms. The lowest BCUT2D eigenvalue weighted by atomic mass is 9.84. The van der Waals surface area contributed by atoms with E-state index < -0.39 is 35.8 Å². The number of carbonyl (C=O) groups excluding carboxylic acids is 1. The molecule has 2 atom stereocenters. The van der Waals surface area contributed by atoms with Crippen LogP contribution in [0.1, 0.15) is 44.6 Å². The zero-order chi connectivity index (χ0) is 28.9. The standard InChI is InChI=1S/C29H37F3N6O2/c1-29(2,3)25(37(12-11-22(33)18-30)28(39)36-13-15-40-16-14-36)27-34-26(23-17-21(31)9-10-24(23)32)35-38(27)19-20-7-5-4-6-8-20/h4-10,17,22,25H,11-16,18-19,33H2,1-3H3/t22?,25-/m0/s1. The normalized spacial score (nSPS) is 15.6. The van der Waals surface area contributed by atoms with Gasteiger partial charge < -0.3 is 20.3 Å². The van der Waals surface area contributed by atoms with Gasteiger partial charge in [-0.25, -0.2) is 27.6 Å². The minimum Gasteiger partial charge on any atom is -0.378 e. The number of benzene rings is 2. The van der Waals surface area contributed by atoms with Crippen LogP contribution in [-0.4, -0.2) is 76.2 Å². The zero-order valence-electron chi connectivity index (χ0n) is 23.2.